The Kier molecular flexibility index (Phi) is 8.67. The molecule has 2 fully saturated rings. The molecule has 216 valence electrons. The molecular weight excluding hydrogens is 530 g/mol. The van der Waals surface area contributed by atoms with E-state index in [9.17, 15) is 27.6 Å². The smallest absolute Gasteiger partial charge is 0.254 e. The van der Waals surface area contributed by atoms with Crippen LogP contribution in [0.1, 0.15) is 30.6 Å². The Hall–Kier alpha value is -3.67. The minimum absolute atomic E-state index is 0.0122. The molecule has 3 N–H and O–H groups in total. The summed E-state index contributed by atoms with van der Waals surface area (Å²) in [7, 11) is 3.33. The van der Waals surface area contributed by atoms with Gasteiger partial charge >= 0.3 is 0 Å². The predicted octanol–water partition coefficient (Wildman–Crippen LogP) is 3.48. The monoisotopic (exact) mass is 563 g/mol. The van der Waals surface area contributed by atoms with Crippen molar-refractivity contribution in [3.63, 3.8) is 0 Å². The maximum absolute atomic E-state index is 15.7. The average molecular weight is 564 g/mol. The molecule has 0 radical (unpaired) electrons. The molecule has 4 rings (SSSR count). The number of piperidine rings is 1. The Morgan fingerprint density at radius 3 is 2.35 bits per heavy atom. The molecule has 2 aromatic rings. The first kappa shape index (κ1) is 29.3. The van der Waals surface area contributed by atoms with E-state index < -0.39 is 54.0 Å². The second kappa shape index (κ2) is 11.8. The number of rotatable bonds is 6. The zero-order chi connectivity index (χ0) is 29.3. The molecule has 0 aliphatic carbocycles. The van der Waals surface area contributed by atoms with E-state index in [0.29, 0.717) is 18.8 Å². The van der Waals surface area contributed by atoms with Crippen LogP contribution in [0, 0.1) is 23.5 Å². The number of hydrogen-bond donors (Lipinski definition) is 3. The third kappa shape index (κ3) is 5.91. The summed E-state index contributed by atoms with van der Waals surface area (Å²) >= 11 is 0. The molecule has 8 nitrogen and oxygen atoms in total. The molecule has 40 heavy (non-hydrogen) atoms. The van der Waals surface area contributed by atoms with E-state index in [1.807, 2.05) is 25.8 Å². The molecule has 12 heteroatoms. The fraction of sp³-hybridized carbons (Fsp3) is 0.464. The Morgan fingerprint density at radius 1 is 1.05 bits per heavy atom. The van der Waals surface area contributed by atoms with Gasteiger partial charge in [0.1, 0.15) is 11.6 Å². The summed E-state index contributed by atoms with van der Waals surface area (Å²) in [4.78, 5) is 41.3. The van der Waals surface area contributed by atoms with Gasteiger partial charge in [-0.1, -0.05) is 6.07 Å². The summed E-state index contributed by atoms with van der Waals surface area (Å²) in [6.07, 6.45) is -3.37. The Balaban J connectivity index is 1.78. The standard InChI is InChI=1S/C28H33F4N5O3/c1-14-12-37(13-15(2)36(14)4)24-10-22(30)17(16-5-6-21(29)19(7-16)27(39)33-3)8-23(24)35-28(40)20-11-34-25(38)9-18(20)26(31)32/h5-8,10,14-15,18,20,26H,9,11-13H2,1-4H3,(H,33,39)(H,34,38)(H,35,40)/t14-,15+,18?,20?. The van der Waals surface area contributed by atoms with Crippen molar-refractivity contribution in [1.29, 1.82) is 0 Å². The molecule has 0 saturated carbocycles. The number of halogens is 4. The second-order valence-corrected chi connectivity index (χ2v) is 10.5. The van der Waals surface area contributed by atoms with E-state index in [1.54, 1.807) is 0 Å². The van der Waals surface area contributed by atoms with Crippen LogP contribution >= 0.6 is 0 Å². The average Bonchev–Trinajstić information content (AvgIpc) is 2.91. The highest BCUT2D eigenvalue weighted by Gasteiger charge is 2.40. The number of carbonyl (C=O) groups is 3. The predicted molar refractivity (Wildman–Crippen MR) is 143 cm³/mol. The maximum Gasteiger partial charge on any atom is 0.254 e. The number of benzene rings is 2. The molecule has 2 heterocycles. The summed E-state index contributed by atoms with van der Waals surface area (Å²) < 4.78 is 57.5. The molecule has 2 unspecified atom stereocenters. The van der Waals surface area contributed by atoms with Gasteiger partial charge in [0.15, 0.2) is 0 Å². The van der Waals surface area contributed by atoms with E-state index in [4.69, 9.17) is 0 Å². The SMILES string of the molecule is CNC(=O)c1cc(-c2cc(NC(=O)C3CNC(=O)CC3C(F)F)c(N3C[C@@H](C)N(C)[C@@H](C)C3)cc2F)ccc1F. The number of carbonyl (C=O) groups excluding carboxylic acids is 3. The number of nitrogens with zero attached hydrogens (tertiary/aromatic N) is 2. The first-order valence-electron chi connectivity index (χ1n) is 13.1. The minimum atomic E-state index is -2.88. The molecule has 2 aromatic carbocycles. The third-order valence-electron chi connectivity index (χ3n) is 7.91. The van der Waals surface area contributed by atoms with Gasteiger partial charge in [-0.15, -0.1) is 0 Å². The van der Waals surface area contributed by atoms with Crippen LogP contribution in [0.2, 0.25) is 0 Å². The van der Waals surface area contributed by atoms with Crippen molar-refractivity contribution in [2.75, 3.05) is 43.9 Å². The third-order valence-corrected chi connectivity index (χ3v) is 7.91. The molecule has 2 saturated heterocycles. The van der Waals surface area contributed by atoms with E-state index in [1.165, 1.54) is 31.3 Å². The van der Waals surface area contributed by atoms with E-state index in [2.05, 4.69) is 20.9 Å². The lowest BCUT2D eigenvalue weighted by Crippen LogP contribution is -2.55. The number of anilines is 2. The van der Waals surface area contributed by atoms with Crippen LogP contribution in [-0.4, -0.2) is 74.9 Å². The van der Waals surface area contributed by atoms with Crippen molar-refractivity contribution >= 4 is 29.1 Å². The molecular formula is C28H33F4N5O3. The first-order chi connectivity index (χ1) is 18.9. The van der Waals surface area contributed by atoms with Gasteiger partial charge in [-0.05, 0) is 50.7 Å². The molecule has 0 spiro atoms. The van der Waals surface area contributed by atoms with Crippen molar-refractivity contribution in [2.45, 2.75) is 38.8 Å². The second-order valence-electron chi connectivity index (χ2n) is 10.5. The van der Waals surface area contributed by atoms with Crippen LogP contribution in [0.25, 0.3) is 11.1 Å². The lowest BCUT2D eigenvalue weighted by atomic mass is 9.85. The highest BCUT2D eigenvalue weighted by molar-refractivity contribution is 5.99. The maximum atomic E-state index is 15.7. The van der Waals surface area contributed by atoms with Crippen molar-refractivity contribution in [1.82, 2.24) is 15.5 Å². The zero-order valence-electron chi connectivity index (χ0n) is 22.7. The lowest BCUT2D eigenvalue weighted by Gasteiger charge is -2.44. The van der Waals surface area contributed by atoms with Gasteiger partial charge in [0.25, 0.3) is 5.91 Å². The lowest BCUT2D eigenvalue weighted by molar-refractivity contribution is -0.133. The number of amides is 3. The fourth-order valence-electron chi connectivity index (χ4n) is 5.33. The van der Waals surface area contributed by atoms with Crippen LogP contribution < -0.4 is 20.9 Å². The van der Waals surface area contributed by atoms with Gasteiger partial charge in [0, 0.05) is 56.7 Å². The van der Waals surface area contributed by atoms with Crippen molar-refractivity contribution in [2.24, 2.45) is 11.8 Å². The zero-order valence-corrected chi connectivity index (χ0v) is 22.7. The van der Waals surface area contributed by atoms with Crippen LogP contribution in [0.4, 0.5) is 28.9 Å². The number of hydrogen-bond acceptors (Lipinski definition) is 5. The quantitative estimate of drug-likeness (QED) is 0.468. The summed E-state index contributed by atoms with van der Waals surface area (Å²) in [5.74, 6) is -6.10. The molecule has 4 atom stereocenters. The van der Waals surface area contributed by atoms with Crippen molar-refractivity contribution < 1.29 is 31.9 Å². The molecule has 0 bridgehead atoms. The van der Waals surface area contributed by atoms with Gasteiger partial charge in [-0.2, -0.15) is 0 Å². The Morgan fingerprint density at radius 2 is 1.73 bits per heavy atom. The molecule has 0 aromatic heterocycles. The highest BCUT2D eigenvalue weighted by Crippen LogP contribution is 2.37. The summed E-state index contributed by atoms with van der Waals surface area (Å²) in [5.41, 5.74) is 0.440. The van der Waals surface area contributed by atoms with Gasteiger partial charge in [0.05, 0.1) is 22.9 Å². The number of nitrogens with one attached hydrogen (secondary N) is 3. The minimum Gasteiger partial charge on any atom is -0.367 e. The van der Waals surface area contributed by atoms with Gasteiger partial charge in [-0.3, -0.25) is 19.3 Å². The van der Waals surface area contributed by atoms with Crippen LogP contribution in [0.3, 0.4) is 0 Å². The Labute approximate surface area is 230 Å². The largest absolute Gasteiger partial charge is 0.367 e. The van der Waals surface area contributed by atoms with Gasteiger partial charge < -0.3 is 20.9 Å². The van der Waals surface area contributed by atoms with Crippen LogP contribution in [0.5, 0.6) is 0 Å². The van der Waals surface area contributed by atoms with E-state index >= 15 is 4.39 Å². The summed E-state index contributed by atoms with van der Waals surface area (Å²) in [5, 5.41) is 7.52. The summed E-state index contributed by atoms with van der Waals surface area (Å²) in [6.45, 7) is 4.81. The Bertz CT molecular complexity index is 1290. The number of likely N-dealkylation sites (N-methyl/N-ethyl adjacent to an activating group) is 1. The summed E-state index contributed by atoms with van der Waals surface area (Å²) in [6, 6.07) is 6.39. The van der Waals surface area contributed by atoms with Crippen molar-refractivity contribution in [3.05, 3.63) is 47.5 Å². The fourth-order valence-corrected chi connectivity index (χ4v) is 5.33. The molecule has 2 aliphatic rings. The number of piperazine rings is 1. The van der Waals surface area contributed by atoms with E-state index in [-0.39, 0.29) is 41.0 Å². The molecule has 2 aliphatic heterocycles. The topological polar surface area (TPSA) is 93.8 Å². The normalized spacial score (nSPS) is 23.6. The van der Waals surface area contributed by atoms with Gasteiger partial charge in [-0.25, -0.2) is 17.6 Å². The van der Waals surface area contributed by atoms with Gasteiger partial charge in [0.2, 0.25) is 18.2 Å². The highest BCUT2D eigenvalue weighted by atomic mass is 19.3. The van der Waals surface area contributed by atoms with Crippen LogP contribution in [0.15, 0.2) is 30.3 Å². The molecule has 3 amide bonds. The van der Waals surface area contributed by atoms with Crippen molar-refractivity contribution in [3.8, 4) is 11.1 Å². The van der Waals surface area contributed by atoms with Crippen LogP contribution in [-0.2, 0) is 9.59 Å². The first-order valence-corrected chi connectivity index (χ1v) is 13.1. The van der Waals surface area contributed by atoms with E-state index in [0.717, 1.165) is 6.07 Å². The number of alkyl halides is 2.